The molecule has 1 saturated heterocycles. The lowest BCUT2D eigenvalue weighted by Crippen LogP contribution is -2.51. The van der Waals surface area contributed by atoms with Crippen LogP contribution in [0.25, 0.3) is 0 Å². The van der Waals surface area contributed by atoms with Crippen molar-refractivity contribution < 1.29 is 53.3 Å². The summed E-state index contributed by atoms with van der Waals surface area (Å²) in [5.74, 6) is -15.6. The summed E-state index contributed by atoms with van der Waals surface area (Å²) in [7, 11) is 1.94. The number of methoxy groups -OCH3 is 2. The summed E-state index contributed by atoms with van der Waals surface area (Å²) in [6.07, 6.45) is -13.4. The van der Waals surface area contributed by atoms with Crippen LogP contribution < -0.4 is 15.2 Å². The van der Waals surface area contributed by atoms with Crippen molar-refractivity contribution in [2.24, 2.45) is 23.4 Å². The maximum Gasteiger partial charge on any atom is 0.323 e. The van der Waals surface area contributed by atoms with Crippen LogP contribution in [-0.2, 0) is 15.9 Å². The topological polar surface area (TPSA) is 74.0 Å². The standard InChI is InChI=1S/C24H38N2O4/c1-14(2)9-17-13-26-8-7-16-10-21(28-5)22(29-6)11-18(16)19(26)12-20(17)30-24(27)23(25)15(3)4/h10-11,14-15,17,19-20,23H,7-9,12-13,25H2,1-6H3/t17?,19?,20?,23-/m0/s1/i1D3,2D3,3D3,4D3,7D2,8D2,9D2,10D,11D,14D,15D,19D,20D,23D. The molecule has 0 saturated carbocycles. The SMILES string of the molecule is [2H]c1c(OC)c(OC)c([2H])c2c1C1([2H])CC([2H])(OC(=O)[C@@]([2H])(N)C([2H])(C([2H])([2H])[2H])C([2H])([2H])[2H])C(C([2H])([2H])C([2H])(C([2H])([2H])[2H])C([2H])([2H])[2H])CN1C([2H])([2H])C2([2H])[2H]. The zero-order valence-electron chi connectivity index (χ0n) is 41.1. The molecule has 0 aliphatic carbocycles. The van der Waals surface area contributed by atoms with Gasteiger partial charge in [-0.15, -0.1) is 0 Å². The molecule has 30 heavy (non-hydrogen) atoms. The van der Waals surface area contributed by atoms with Gasteiger partial charge in [-0.1, -0.05) is 27.4 Å². The predicted molar refractivity (Wildman–Crippen MR) is 118 cm³/mol. The Hall–Kier alpha value is -1.79. The molecule has 0 bridgehead atoms. The molecule has 4 atom stereocenters. The highest BCUT2D eigenvalue weighted by atomic mass is 16.5. The Labute approximate surface area is 216 Å². The lowest BCUT2D eigenvalue weighted by Gasteiger charge is -2.47. The smallest absolute Gasteiger partial charge is 0.323 e. The largest absolute Gasteiger partial charge is 0.493 e. The Balaban J connectivity index is 2.59. The van der Waals surface area contributed by atoms with E-state index in [0.717, 1.165) is 14.2 Å². The summed E-state index contributed by atoms with van der Waals surface area (Å²) in [5, 5.41) is 0. The third-order valence-electron chi connectivity index (χ3n) is 4.40. The molecule has 3 unspecified atom stereocenters. The Morgan fingerprint density at radius 1 is 1.40 bits per heavy atom. The van der Waals surface area contributed by atoms with Gasteiger partial charge >= 0.3 is 5.97 Å². The molecule has 0 amide bonds. The van der Waals surface area contributed by atoms with E-state index in [9.17, 15) is 7.54 Å². The summed E-state index contributed by atoms with van der Waals surface area (Å²) in [4.78, 5) is 14.0. The molecule has 0 aromatic heterocycles. The van der Waals surface area contributed by atoms with Crippen LogP contribution in [0.1, 0.15) is 91.6 Å². The van der Waals surface area contributed by atoms with E-state index in [4.69, 9.17) is 51.5 Å². The van der Waals surface area contributed by atoms with Gasteiger partial charge in [-0.3, -0.25) is 9.69 Å². The van der Waals surface area contributed by atoms with Crippen molar-refractivity contribution >= 4 is 5.97 Å². The molecule has 1 aromatic carbocycles. The highest BCUT2D eigenvalue weighted by Crippen LogP contribution is 2.44. The number of hydrogen-bond donors (Lipinski definition) is 1. The van der Waals surface area contributed by atoms with E-state index in [1.54, 1.807) is 0 Å². The van der Waals surface area contributed by atoms with Gasteiger partial charge in [0.05, 0.1) is 21.1 Å². The first-order valence-electron chi connectivity index (χ1n) is 21.1. The van der Waals surface area contributed by atoms with E-state index >= 15 is 0 Å². The number of benzene rings is 1. The molecule has 2 aliphatic heterocycles. The van der Waals surface area contributed by atoms with Crippen LogP contribution in [0.3, 0.4) is 0 Å². The maximum absolute atomic E-state index is 13.9. The molecule has 0 radical (unpaired) electrons. The predicted octanol–water partition coefficient (Wildman–Crippen LogP) is 3.56. The molecule has 1 aromatic rings. The first-order valence-corrected chi connectivity index (χ1v) is 8.58. The minimum Gasteiger partial charge on any atom is -0.493 e. The van der Waals surface area contributed by atoms with E-state index < -0.39 is 136 Å². The number of fused-ring (bicyclic) bond motifs is 3. The number of rotatable bonds is 7. The molecule has 168 valence electrons. The minimum atomic E-state index is -4.35. The Morgan fingerprint density at radius 3 is 2.80 bits per heavy atom. The Kier molecular flexibility index (Phi) is 2.18. The van der Waals surface area contributed by atoms with E-state index in [-0.39, 0.29) is 4.90 Å². The van der Waals surface area contributed by atoms with E-state index in [0.29, 0.717) is 0 Å². The number of ether oxygens (including phenoxy) is 3. The van der Waals surface area contributed by atoms with Crippen molar-refractivity contribution in [2.45, 2.75) is 64.7 Å². The number of piperidine rings is 1. The van der Waals surface area contributed by atoms with Gasteiger partial charge < -0.3 is 19.9 Å². The van der Waals surface area contributed by atoms with E-state index in [1.165, 1.54) is 0 Å². The van der Waals surface area contributed by atoms with Crippen molar-refractivity contribution in [1.29, 1.82) is 0 Å². The normalized spacial score (nSPS) is 49.3. The summed E-state index contributed by atoms with van der Waals surface area (Å²) in [6, 6.07) is -9.51. The quantitative estimate of drug-likeness (QED) is 0.650. The second-order valence-corrected chi connectivity index (χ2v) is 6.25. The fraction of sp³-hybridized carbons (Fsp3) is 0.708. The Bertz CT molecular complexity index is 1670. The fourth-order valence-electron chi connectivity index (χ4n) is 2.99. The second kappa shape index (κ2) is 9.56. The highest BCUT2D eigenvalue weighted by Gasteiger charge is 2.41. The molecule has 6 heteroatoms. The van der Waals surface area contributed by atoms with Crippen LogP contribution in [0.4, 0.5) is 0 Å². The fourth-order valence-corrected chi connectivity index (χ4v) is 2.99. The van der Waals surface area contributed by atoms with Gasteiger partial charge in [0.2, 0.25) is 0 Å². The number of esters is 1. The van der Waals surface area contributed by atoms with Gasteiger partial charge in [-0.2, -0.15) is 0 Å². The van der Waals surface area contributed by atoms with Crippen molar-refractivity contribution in [2.75, 3.05) is 27.3 Å². The third kappa shape index (κ3) is 4.75. The lowest BCUT2D eigenvalue weighted by molar-refractivity contribution is -0.160. The van der Waals surface area contributed by atoms with Crippen LogP contribution in [-0.4, -0.2) is 50.2 Å². The van der Waals surface area contributed by atoms with Crippen LogP contribution >= 0.6 is 0 Å². The molecule has 3 rings (SSSR count). The van der Waals surface area contributed by atoms with E-state index in [1.807, 2.05) is 0 Å². The van der Waals surface area contributed by atoms with Crippen LogP contribution in [0, 0.1) is 17.7 Å². The second-order valence-electron chi connectivity index (χ2n) is 6.25. The zero-order valence-corrected chi connectivity index (χ0v) is 16.1. The van der Waals surface area contributed by atoms with Crippen molar-refractivity contribution in [1.82, 2.24) is 4.90 Å². The zero-order chi connectivity index (χ0) is 43.7. The highest BCUT2D eigenvalue weighted by molar-refractivity contribution is 5.76. The first-order chi connectivity index (χ1) is 24.0. The molecule has 2 heterocycles. The van der Waals surface area contributed by atoms with Crippen LogP contribution in [0.15, 0.2) is 12.1 Å². The van der Waals surface area contributed by atoms with Gasteiger partial charge in [-0.25, -0.2) is 0 Å². The monoisotopic (exact) mass is 443 g/mol. The average molecular weight is 444 g/mol. The van der Waals surface area contributed by atoms with Crippen LogP contribution in [0.2, 0.25) is 0 Å². The number of carbonyl (C=O) groups excluding carboxylic acids is 1. The third-order valence-corrected chi connectivity index (χ3v) is 4.40. The molecule has 2 aliphatic rings. The van der Waals surface area contributed by atoms with E-state index in [2.05, 4.69) is 0 Å². The summed E-state index contributed by atoms with van der Waals surface area (Å²) in [5.41, 5.74) is 3.58. The van der Waals surface area contributed by atoms with Gasteiger partial charge in [0.25, 0.3) is 0 Å². The summed E-state index contributed by atoms with van der Waals surface area (Å²) < 4.78 is 224. The first kappa shape index (κ1) is 6.85. The van der Waals surface area contributed by atoms with Crippen molar-refractivity contribution in [3.05, 3.63) is 23.2 Å². The Morgan fingerprint density at radius 2 is 2.13 bits per heavy atom. The lowest BCUT2D eigenvalue weighted by atomic mass is 9.79. The van der Waals surface area contributed by atoms with Gasteiger partial charge in [-0.05, 0) is 47.7 Å². The molecular weight excluding hydrogens is 380 g/mol. The van der Waals surface area contributed by atoms with Crippen molar-refractivity contribution in [3.63, 3.8) is 0 Å². The maximum atomic E-state index is 13.9. The summed E-state index contributed by atoms with van der Waals surface area (Å²) >= 11 is 0. The van der Waals surface area contributed by atoms with Crippen molar-refractivity contribution in [3.8, 4) is 11.5 Å². The van der Waals surface area contributed by atoms with Gasteiger partial charge in [0.15, 0.2) is 11.5 Å². The van der Waals surface area contributed by atoms with Gasteiger partial charge in [0, 0.05) is 58.8 Å². The molecule has 1 fully saturated rings. The van der Waals surface area contributed by atoms with Crippen LogP contribution in [0.5, 0.6) is 11.5 Å². The minimum absolute atomic E-state index is 0.129. The molecule has 6 nitrogen and oxygen atoms in total. The number of nitrogens with two attached hydrogens (primary N) is 1. The average Bonchev–Trinajstić information content (AvgIpc) is 2.96. The molecule has 0 spiro atoms. The van der Waals surface area contributed by atoms with Gasteiger partial charge in [0.1, 0.15) is 12.1 Å². The number of nitrogens with zero attached hydrogens (tertiary/aromatic N) is 1. The molecular formula is C24H38N2O4. The summed E-state index contributed by atoms with van der Waals surface area (Å²) in [6.45, 7) is -22.0. The number of carbonyl (C=O) groups is 1. The molecule has 2 N–H and O–H groups in total. The number of hydrogen-bond acceptors (Lipinski definition) is 6.